The summed E-state index contributed by atoms with van der Waals surface area (Å²) < 4.78 is 24.8. The molecule has 1 saturated heterocycles. The van der Waals surface area contributed by atoms with Crippen molar-refractivity contribution in [2.45, 2.75) is 19.4 Å². The van der Waals surface area contributed by atoms with Gasteiger partial charge in [0.1, 0.15) is 11.5 Å². The molecular formula is C24H26FN3O3. The fourth-order valence-corrected chi connectivity index (χ4v) is 3.88. The molecule has 1 aromatic heterocycles. The van der Waals surface area contributed by atoms with E-state index in [9.17, 15) is 9.18 Å². The van der Waals surface area contributed by atoms with Gasteiger partial charge in [0, 0.05) is 37.9 Å². The van der Waals surface area contributed by atoms with Crippen LogP contribution in [0.4, 0.5) is 10.3 Å². The molecule has 0 unspecified atom stereocenters. The van der Waals surface area contributed by atoms with Crippen molar-refractivity contribution in [1.29, 1.82) is 0 Å². The third-order valence-electron chi connectivity index (χ3n) is 5.48. The van der Waals surface area contributed by atoms with Crippen LogP contribution in [0.25, 0.3) is 11.3 Å². The smallest absolute Gasteiger partial charge is 0.254 e. The number of halogens is 1. The molecule has 1 aliphatic rings. The van der Waals surface area contributed by atoms with Crippen LogP contribution in [0.1, 0.15) is 28.8 Å². The molecule has 31 heavy (non-hydrogen) atoms. The number of anilines is 1. The average molecular weight is 423 g/mol. The zero-order valence-corrected chi connectivity index (χ0v) is 17.6. The van der Waals surface area contributed by atoms with Crippen LogP contribution in [0, 0.1) is 5.82 Å². The Bertz CT molecular complexity index is 1020. The summed E-state index contributed by atoms with van der Waals surface area (Å²) in [5, 5.41) is 4.36. The summed E-state index contributed by atoms with van der Waals surface area (Å²) >= 11 is 0. The number of carbonyl (C=O) groups excluding carboxylic acids is 1. The van der Waals surface area contributed by atoms with Crippen molar-refractivity contribution in [2.24, 2.45) is 0 Å². The minimum absolute atomic E-state index is 0.260. The van der Waals surface area contributed by atoms with Crippen molar-refractivity contribution >= 4 is 11.8 Å². The lowest BCUT2D eigenvalue weighted by atomic mass is 10.1. The van der Waals surface area contributed by atoms with Gasteiger partial charge in [-0.25, -0.2) is 4.39 Å². The third-order valence-corrected chi connectivity index (χ3v) is 5.48. The summed E-state index contributed by atoms with van der Waals surface area (Å²) in [6.45, 7) is 2.81. The summed E-state index contributed by atoms with van der Waals surface area (Å²) in [5.74, 6) is 0.000181. The molecule has 0 saturated carbocycles. The van der Waals surface area contributed by atoms with Crippen LogP contribution in [0.15, 0.2) is 59.1 Å². The summed E-state index contributed by atoms with van der Waals surface area (Å²) in [6.07, 6.45) is 2.19. The molecule has 3 aromatic rings. The second-order valence-electron chi connectivity index (χ2n) is 7.60. The van der Waals surface area contributed by atoms with E-state index < -0.39 is 5.82 Å². The Morgan fingerprint density at radius 1 is 1.16 bits per heavy atom. The van der Waals surface area contributed by atoms with Crippen LogP contribution >= 0.6 is 0 Å². The summed E-state index contributed by atoms with van der Waals surface area (Å²) in [5.41, 5.74) is 2.80. The molecule has 6 nitrogen and oxygen atoms in total. The highest BCUT2D eigenvalue weighted by Crippen LogP contribution is 2.34. The van der Waals surface area contributed by atoms with Gasteiger partial charge < -0.3 is 19.1 Å². The van der Waals surface area contributed by atoms with Gasteiger partial charge in [-0.05, 0) is 31.0 Å². The molecule has 7 heteroatoms. The van der Waals surface area contributed by atoms with E-state index in [-0.39, 0.29) is 12.5 Å². The van der Waals surface area contributed by atoms with Crippen molar-refractivity contribution in [3.8, 4) is 11.3 Å². The van der Waals surface area contributed by atoms with Crippen LogP contribution in [-0.2, 0) is 11.3 Å². The number of methoxy groups -OCH3 is 1. The number of nitrogens with zero attached hydrogens (tertiary/aromatic N) is 3. The molecule has 0 N–H and O–H groups in total. The minimum atomic E-state index is -0.440. The van der Waals surface area contributed by atoms with E-state index in [1.54, 1.807) is 24.1 Å². The van der Waals surface area contributed by atoms with E-state index in [0.29, 0.717) is 24.6 Å². The van der Waals surface area contributed by atoms with Crippen LogP contribution in [0.3, 0.4) is 0 Å². The molecule has 0 aliphatic carbocycles. The standard InChI is InChI=1S/C24H26FN3O3/c1-30-15-14-28(23(29)19-10-7-11-20(25)16-19)17-21-22(18-8-3-2-4-9-18)26-31-24(21)27-12-5-6-13-27/h2-4,7-11,16H,5-6,12-15,17H2,1H3. The first-order chi connectivity index (χ1) is 15.2. The average Bonchev–Trinajstić information content (AvgIpc) is 3.46. The first kappa shape index (κ1) is 21.1. The zero-order valence-electron chi connectivity index (χ0n) is 17.6. The number of ether oxygens (including phenoxy) is 1. The molecule has 0 radical (unpaired) electrons. The van der Waals surface area contributed by atoms with Gasteiger partial charge in [-0.2, -0.15) is 0 Å². The Labute approximate surface area is 181 Å². The molecule has 1 amide bonds. The predicted octanol–water partition coefficient (Wildman–Crippen LogP) is 4.37. The van der Waals surface area contributed by atoms with E-state index in [1.165, 1.54) is 12.1 Å². The van der Waals surface area contributed by atoms with Gasteiger partial charge in [0.25, 0.3) is 5.91 Å². The monoisotopic (exact) mass is 423 g/mol. The Morgan fingerprint density at radius 2 is 1.94 bits per heavy atom. The van der Waals surface area contributed by atoms with Crippen molar-refractivity contribution in [1.82, 2.24) is 10.1 Å². The zero-order chi connectivity index (χ0) is 21.6. The molecule has 4 rings (SSSR count). The Kier molecular flexibility index (Phi) is 6.62. The van der Waals surface area contributed by atoms with Gasteiger partial charge in [-0.15, -0.1) is 0 Å². The maximum Gasteiger partial charge on any atom is 0.254 e. The molecule has 0 bridgehead atoms. The van der Waals surface area contributed by atoms with Gasteiger partial charge >= 0.3 is 0 Å². The van der Waals surface area contributed by atoms with E-state index in [1.807, 2.05) is 30.3 Å². The van der Waals surface area contributed by atoms with E-state index in [0.717, 1.165) is 42.8 Å². The highest BCUT2D eigenvalue weighted by Gasteiger charge is 2.28. The van der Waals surface area contributed by atoms with Crippen molar-refractivity contribution in [3.05, 3.63) is 71.5 Å². The highest BCUT2D eigenvalue weighted by atomic mass is 19.1. The van der Waals surface area contributed by atoms with Crippen LogP contribution in [-0.4, -0.2) is 49.3 Å². The minimum Gasteiger partial charge on any atom is -0.383 e. The van der Waals surface area contributed by atoms with Crippen LogP contribution in [0.2, 0.25) is 0 Å². The second kappa shape index (κ2) is 9.75. The SMILES string of the molecule is COCCN(Cc1c(-c2ccccc2)noc1N1CCCC1)C(=O)c1cccc(F)c1. The Hall–Kier alpha value is -3.19. The molecule has 2 aromatic carbocycles. The first-order valence-corrected chi connectivity index (χ1v) is 10.5. The summed E-state index contributed by atoms with van der Waals surface area (Å²) in [4.78, 5) is 17.1. The maximum atomic E-state index is 13.7. The van der Waals surface area contributed by atoms with Crippen LogP contribution in [0.5, 0.6) is 0 Å². The Balaban J connectivity index is 1.71. The number of carbonyl (C=O) groups is 1. The van der Waals surface area contributed by atoms with Gasteiger partial charge in [0.05, 0.1) is 18.7 Å². The summed E-state index contributed by atoms with van der Waals surface area (Å²) in [6, 6.07) is 15.5. The third kappa shape index (κ3) is 4.77. The molecule has 0 spiro atoms. The Morgan fingerprint density at radius 3 is 2.65 bits per heavy atom. The number of hydrogen-bond donors (Lipinski definition) is 0. The second-order valence-corrected chi connectivity index (χ2v) is 7.60. The quantitative estimate of drug-likeness (QED) is 0.539. The topological polar surface area (TPSA) is 58.8 Å². The largest absolute Gasteiger partial charge is 0.383 e. The van der Waals surface area contributed by atoms with Crippen molar-refractivity contribution in [3.63, 3.8) is 0 Å². The van der Waals surface area contributed by atoms with Crippen molar-refractivity contribution < 1.29 is 18.4 Å². The van der Waals surface area contributed by atoms with E-state index in [2.05, 4.69) is 10.1 Å². The number of hydrogen-bond acceptors (Lipinski definition) is 5. The molecule has 2 heterocycles. The fourth-order valence-electron chi connectivity index (χ4n) is 3.88. The normalized spacial score (nSPS) is 13.5. The number of aromatic nitrogens is 1. The lowest BCUT2D eigenvalue weighted by molar-refractivity contribution is 0.0680. The van der Waals surface area contributed by atoms with Crippen LogP contribution < -0.4 is 4.90 Å². The highest BCUT2D eigenvalue weighted by molar-refractivity contribution is 5.94. The summed E-state index contributed by atoms with van der Waals surface area (Å²) in [7, 11) is 1.59. The van der Waals surface area contributed by atoms with Gasteiger partial charge in [-0.1, -0.05) is 41.6 Å². The lowest BCUT2D eigenvalue weighted by Crippen LogP contribution is -2.34. The molecule has 1 fully saturated rings. The predicted molar refractivity (Wildman–Crippen MR) is 116 cm³/mol. The number of benzene rings is 2. The fraction of sp³-hybridized carbons (Fsp3) is 0.333. The first-order valence-electron chi connectivity index (χ1n) is 10.5. The molecule has 1 aliphatic heterocycles. The lowest BCUT2D eigenvalue weighted by Gasteiger charge is -2.24. The van der Waals surface area contributed by atoms with Crippen molar-refractivity contribution in [2.75, 3.05) is 38.3 Å². The van der Waals surface area contributed by atoms with E-state index in [4.69, 9.17) is 9.26 Å². The van der Waals surface area contributed by atoms with Gasteiger partial charge in [0.15, 0.2) is 0 Å². The maximum absolute atomic E-state index is 13.7. The van der Waals surface area contributed by atoms with Gasteiger partial charge in [0.2, 0.25) is 5.88 Å². The number of amides is 1. The van der Waals surface area contributed by atoms with Gasteiger partial charge in [-0.3, -0.25) is 4.79 Å². The molecular weight excluding hydrogens is 397 g/mol. The van der Waals surface area contributed by atoms with E-state index >= 15 is 0 Å². The molecule has 0 atom stereocenters. The number of rotatable bonds is 8. The molecule has 162 valence electrons.